The lowest BCUT2D eigenvalue weighted by Gasteiger charge is -2.70. The van der Waals surface area contributed by atoms with Gasteiger partial charge < -0.3 is 14.6 Å². The van der Waals surface area contributed by atoms with Crippen LogP contribution >= 0.6 is 11.6 Å². The molecule has 1 heterocycles. The molecule has 3 fully saturated rings. The zero-order valence-electron chi connectivity index (χ0n) is 15.4. The van der Waals surface area contributed by atoms with E-state index in [4.69, 9.17) is 20.9 Å². The van der Waals surface area contributed by atoms with Gasteiger partial charge in [0.15, 0.2) is 12.4 Å². The summed E-state index contributed by atoms with van der Waals surface area (Å²) in [5.74, 6) is 0.0695. The highest BCUT2D eigenvalue weighted by molar-refractivity contribution is 6.30. The molecule has 1 N–H and O–H groups in total. The molecule has 1 amide bonds. The van der Waals surface area contributed by atoms with Gasteiger partial charge in [-0.3, -0.25) is 9.59 Å². The summed E-state index contributed by atoms with van der Waals surface area (Å²) in [4.78, 5) is 24.5. The number of nitrogens with one attached hydrogen (secondary N) is 1. The van der Waals surface area contributed by atoms with Gasteiger partial charge in [-0.25, -0.2) is 4.39 Å². The van der Waals surface area contributed by atoms with Crippen molar-refractivity contribution in [2.45, 2.75) is 44.6 Å². The van der Waals surface area contributed by atoms with Crippen LogP contribution in [0.15, 0.2) is 28.8 Å². The van der Waals surface area contributed by atoms with Gasteiger partial charge in [0.2, 0.25) is 0 Å². The van der Waals surface area contributed by atoms with E-state index in [0.717, 1.165) is 25.3 Å². The van der Waals surface area contributed by atoms with Crippen molar-refractivity contribution in [1.29, 1.82) is 0 Å². The number of hydrogen-bond acceptors (Lipinski definition) is 5. The van der Waals surface area contributed by atoms with E-state index in [0.29, 0.717) is 24.3 Å². The van der Waals surface area contributed by atoms with Gasteiger partial charge in [-0.15, -0.1) is 0 Å². The maximum atomic E-state index is 13.4. The van der Waals surface area contributed by atoms with Crippen LogP contribution in [0.1, 0.15) is 48.9 Å². The van der Waals surface area contributed by atoms with E-state index >= 15 is 0 Å². The molecular weight excluding hydrogens is 387 g/mol. The Hall–Kier alpha value is -2.41. The van der Waals surface area contributed by atoms with Crippen LogP contribution in [0.25, 0.3) is 0 Å². The standard InChI is InChI=1S/C20H20ClFN2O4/c1-2-12-6-16(24-28-12)17(25)7-19-9-20(10-19,11-19)23-18(26)8-27-13-3-4-14(21)15(22)5-13/h3-6H,2,7-11H2,1H3,(H,23,26). The minimum atomic E-state index is -0.594. The topological polar surface area (TPSA) is 81.4 Å². The molecule has 0 aliphatic heterocycles. The van der Waals surface area contributed by atoms with Crippen LogP contribution < -0.4 is 10.1 Å². The van der Waals surface area contributed by atoms with Gasteiger partial charge in [0, 0.05) is 30.5 Å². The van der Waals surface area contributed by atoms with Crippen molar-refractivity contribution in [3.05, 3.63) is 46.6 Å². The summed E-state index contributed by atoms with van der Waals surface area (Å²) in [6.07, 6.45) is 3.43. The van der Waals surface area contributed by atoms with Gasteiger partial charge in [-0.2, -0.15) is 0 Å². The van der Waals surface area contributed by atoms with E-state index in [-0.39, 0.29) is 40.0 Å². The Morgan fingerprint density at radius 1 is 1.32 bits per heavy atom. The Kier molecular flexibility index (Phi) is 4.65. The number of aromatic nitrogens is 1. The lowest BCUT2D eigenvalue weighted by molar-refractivity contribution is -0.164. The normalized spacial score (nSPS) is 24.8. The van der Waals surface area contributed by atoms with Crippen molar-refractivity contribution in [3.8, 4) is 5.75 Å². The Balaban J connectivity index is 1.23. The molecular formula is C20H20ClFN2O4. The van der Waals surface area contributed by atoms with E-state index in [2.05, 4.69) is 10.5 Å². The fourth-order valence-corrected chi connectivity index (χ4v) is 4.53. The van der Waals surface area contributed by atoms with E-state index < -0.39 is 5.82 Å². The molecule has 0 atom stereocenters. The summed E-state index contributed by atoms with van der Waals surface area (Å²) >= 11 is 5.62. The molecule has 5 rings (SSSR count). The maximum absolute atomic E-state index is 13.4. The van der Waals surface area contributed by atoms with Gasteiger partial charge in [0.25, 0.3) is 5.91 Å². The Bertz CT molecular complexity index is 922. The van der Waals surface area contributed by atoms with Crippen molar-refractivity contribution in [3.63, 3.8) is 0 Å². The number of ether oxygens (including phenoxy) is 1. The summed E-state index contributed by atoms with van der Waals surface area (Å²) in [6, 6.07) is 5.73. The quantitative estimate of drug-likeness (QED) is 0.676. The molecule has 3 saturated carbocycles. The smallest absolute Gasteiger partial charge is 0.258 e. The van der Waals surface area contributed by atoms with Gasteiger partial charge in [0.05, 0.1) is 5.02 Å². The molecule has 1 aromatic heterocycles. The molecule has 28 heavy (non-hydrogen) atoms. The van der Waals surface area contributed by atoms with Crippen LogP contribution in [-0.2, 0) is 11.2 Å². The maximum Gasteiger partial charge on any atom is 0.258 e. The minimum absolute atomic E-state index is 0.00190. The lowest BCUT2D eigenvalue weighted by Crippen LogP contribution is -2.75. The van der Waals surface area contributed by atoms with Crippen molar-refractivity contribution in [2.75, 3.05) is 6.61 Å². The molecule has 0 radical (unpaired) electrons. The lowest BCUT2D eigenvalue weighted by atomic mass is 9.38. The Morgan fingerprint density at radius 2 is 2.07 bits per heavy atom. The molecule has 0 saturated heterocycles. The van der Waals surface area contributed by atoms with Crippen LogP contribution in [0, 0.1) is 11.2 Å². The summed E-state index contributed by atoms with van der Waals surface area (Å²) in [5.41, 5.74) is 0.0866. The molecule has 2 bridgehead atoms. The van der Waals surface area contributed by atoms with E-state index in [1.165, 1.54) is 12.1 Å². The van der Waals surface area contributed by atoms with Gasteiger partial charge in [-0.05, 0) is 36.8 Å². The number of ketones is 1. The predicted molar refractivity (Wildman–Crippen MR) is 98.9 cm³/mol. The minimum Gasteiger partial charge on any atom is -0.484 e. The summed E-state index contributed by atoms with van der Waals surface area (Å²) < 4.78 is 23.8. The highest BCUT2D eigenvalue weighted by atomic mass is 35.5. The van der Waals surface area contributed by atoms with Crippen LogP contribution in [0.4, 0.5) is 4.39 Å². The first-order valence-corrected chi connectivity index (χ1v) is 9.58. The Morgan fingerprint density at radius 3 is 2.71 bits per heavy atom. The molecule has 3 aliphatic carbocycles. The van der Waals surface area contributed by atoms with E-state index in [9.17, 15) is 14.0 Å². The average molecular weight is 407 g/mol. The number of hydrogen-bond donors (Lipinski definition) is 1. The first kappa shape index (κ1) is 18.9. The highest BCUT2D eigenvalue weighted by Crippen LogP contribution is 2.69. The SMILES string of the molecule is CCc1cc(C(=O)CC23CC(NC(=O)COc4ccc(Cl)c(F)c4)(C2)C3)no1. The number of nitrogens with zero attached hydrogens (tertiary/aromatic N) is 1. The molecule has 148 valence electrons. The van der Waals surface area contributed by atoms with Crippen molar-refractivity contribution < 1.29 is 23.2 Å². The van der Waals surface area contributed by atoms with Crippen LogP contribution in [0.3, 0.4) is 0 Å². The molecule has 1 aromatic carbocycles. The average Bonchev–Trinajstić information content (AvgIpc) is 3.09. The van der Waals surface area contributed by atoms with Crippen molar-refractivity contribution >= 4 is 23.3 Å². The largest absolute Gasteiger partial charge is 0.484 e. The molecule has 3 aliphatic rings. The van der Waals surface area contributed by atoms with Crippen molar-refractivity contribution in [2.24, 2.45) is 5.41 Å². The third-order valence-electron chi connectivity index (χ3n) is 5.53. The number of benzene rings is 1. The number of Topliss-reactive ketones (excluding diaryl/α,β-unsaturated/α-hetero) is 1. The summed E-state index contributed by atoms with van der Waals surface area (Å²) in [6.45, 7) is 1.74. The monoisotopic (exact) mass is 406 g/mol. The number of carbonyl (C=O) groups excluding carboxylic acids is 2. The van der Waals surface area contributed by atoms with Gasteiger partial charge in [-0.1, -0.05) is 23.7 Å². The first-order valence-electron chi connectivity index (χ1n) is 9.20. The summed E-state index contributed by atoms with van der Waals surface area (Å²) in [7, 11) is 0. The van der Waals surface area contributed by atoms with E-state index in [1.54, 1.807) is 6.07 Å². The number of aryl methyl sites for hydroxylation is 1. The second-order valence-corrected chi connectivity index (χ2v) is 8.26. The molecule has 2 aromatic rings. The number of halogens is 2. The number of amides is 1. The third kappa shape index (κ3) is 3.51. The van der Waals surface area contributed by atoms with E-state index in [1.807, 2.05) is 6.92 Å². The highest BCUT2D eigenvalue weighted by Gasteiger charge is 2.68. The van der Waals surface area contributed by atoms with Crippen LogP contribution in [-0.4, -0.2) is 29.0 Å². The van der Waals surface area contributed by atoms with Crippen LogP contribution in [0.5, 0.6) is 5.75 Å². The molecule has 6 nitrogen and oxygen atoms in total. The zero-order chi connectivity index (χ0) is 19.9. The predicted octanol–water partition coefficient (Wildman–Crippen LogP) is 3.72. The zero-order valence-corrected chi connectivity index (χ0v) is 16.1. The number of carbonyl (C=O) groups is 2. The third-order valence-corrected chi connectivity index (χ3v) is 5.84. The Labute approximate surface area is 166 Å². The van der Waals surface area contributed by atoms with Crippen molar-refractivity contribution in [1.82, 2.24) is 10.5 Å². The second kappa shape index (κ2) is 6.88. The summed E-state index contributed by atoms with van der Waals surface area (Å²) in [5, 5.41) is 6.81. The van der Waals surface area contributed by atoms with Gasteiger partial charge in [0.1, 0.15) is 23.0 Å². The molecule has 8 heteroatoms. The fourth-order valence-electron chi connectivity index (χ4n) is 4.41. The first-order chi connectivity index (χ1) is 13.3. The van der Waals surface area contributed by atoms with Crippen LogP contribution in [0.2, 0.25) is 5.02 Å². The van der Waals surface area contributed by atoms with Gasteiger partial charge >= 0.3 is 0 Å². The fraction of sp³-hybridized carbons (Fsp3) is 0.450. The second-order valence-electron chi connectivity index (χ2n) is 7.86. The number of rotatable bonds is 8. The molecule has 0 unspecified atom stereocenters. The molecule has 0 spiro atoms.